The molecule has 9 heteroatoms. The van der Waals surface area contributed by atoms with Gasteiger partial charge < -0.3 is 10.1 Å². The number of carbonyl (C=O) groups excluding carboxylic acids is 3. The summed E-state index contributed by atoms with van der Waals surface area (Å²) >= 11 is 9.28. The van der Waals surface area contributed by atoms with Crippen LogP contribution < -0.4 is 15.5 Å². The van der Waals surface area contributed by atoms with Gasteiger partial charge in [0.2, 0.25) is 0 Å². The van der Waals surface area contributed by atoms with Gasteiger partial charge in [-0.2, -0.15) is 5.10 Å². The highest BCUT2D eigenvalue weighted by atomic mass is 79.9. The number of hydrogen-bond donors (Lipinski definition) is 2. The highest BCUT2D eigenvalue weighted by molar-refractivity contribution is 9.10. The monoisotopic (exact) mass is 513 g/mol. The molecule has 0 unspecified atom stereocenters. The number of ether oxygens (including phenoxy) is 1. The second-order valence-electron chi connectivity index (χ2n) is 6.39. The first kappa shape index (κ1) is 23.2. The Balaban J connectivity index is 1.47. The van der Waals surface area contributed by atoms with Gasteiger partial charge in [-0.1, -0.05) is 35.9 Å². The molecular weight excluding hydrogens is 498 g/mol. The minimum Gasteiger partial charge on any atom is -0.423 e. The van der Waals surface area contributed by atoms with Gasteiger partial charge in [0.15, 0.2) is 0 Å². The maximum absolute atomic E-state index is 12.2. The molecule has 3 rings (SSSR count). The first-order valence-corrected chi connectivity index (χ1v) is 10.5. The number of nitrogens with zero attached hydrogens (tertiary/aromatic N) is 1. The molecule has 0 fully saturated rings. The molecule has 0 aromatic heterocycles. The predicted octanol–water partition coefficient (Wildman–Crippen LogP) is 4.20. The Morgan fingerprint density at radius 3 is 2.28 bits per heavy atom. The minimum atomic E-state index is -0.561. The van der Waals surface area contributed by atoms with Crippen LogP contribution in [0.4, 0.5) is 0 Å². The molecule has 0 aliphatic heterocycles. The van der Waals surface area contributed by atoms with Crippen LogP contribution >= 0.6 is 27.5 Å². The first-order chi connectivity index (χ1) is 15.4. The molecule has 32 heavy (non-hydrogen) atoms. The topological polar surface area (TPSA) is 96.9 Å². The fourth-order valence-electron chi connectivity index (χ4n) is 2.53. The van der Waals surface area contributed by atoms with E-state index in [1.807, 2.05) is 0 Å². The predicted molar refractivity (Wildman–Crippen MR) is 125 cm³/mol. The molecule has 0 aliphatic carbocycles. The summed E-state index contributed by atoms with van der Waals surface area (Å²) in [6.45, 7) is -0.228. The zero-order valence-electron chi connectivity index (χ0n) is 16.5. The SMILES string of the molecule is O=C(CNC(=O)c1ccccc1Br)N/N=C/c1ccc(OC(=O)c2ccccc2Cl)cc1. The van der Waals surface area contributed by atoms with Crippen LogP contribution in [0.15, 0.2) is 82.4 Å². The Kier molecular flexibility index (Phi) is 8.13. The molecule has 0 bridgehead atoms. The molecule has 2 amide bonds. The molecule has 0 heterocycles. The lowest BCUT2D eigenvalue weighted by molar-refractivity contribution is -0.120. The first-order valence-electron chi connectivity index (χ1n) is 9.35. The second-order valence-corrected chi connectivity index (χ2v) is 7.66. The Bertz CT molecular complexity index is 1170. The minimum absolute atomic E-state index is 0.228. The molecule has 2 N–H and O–H groups in total. The van der Waals surface area contributed by atoms with Crippen molar-refractivity contribution in [2.75, 3.05) is 6.54 Å². The van der Waals surface area contributed by atoms with E-state index >= 15 is 0 Å². The van der Waals surface area contributed by atoms with Crippen molar-refractivity contribution in [1.82, 2.24) is 10.7 Å². The van der Waals surface area contributed by atoms with Crippen molar-refractivity contribution >= 4 is 51.5 Å². The van der Waals surface area contributed by atoms with Crippen LogP contribution in [-0.2, 0) is 4.79 Å². The van der Waals surface area contributed by atoms with Crippen LogP contribution in [0.1, 0.15) is 26.3 Å². The summed E-state index contributed by atoms with van der Waals surface area (Å²) in [5.74, 6) is -1.08. The highest BCUT2D eigenvalue weighted by Gasteiger charge is 2.12. The standard InChI is InChI=1S/C23H17BrClN3O4/c24-19-7-3-1-5-17(19)22(30)26-14-21(29)28-27-13-15-9-11-16(12-10-15)32-23(31)18-6-2-4-8-20(18)25/h1-13H,14H2,(H,26,30)(H,28,29)/b27-13+. The number of halogens is 2. The van der Waals surface area contributed by atoms with Gasteiger partial charge in [0.25, 0.3) is 11.8 Å². The second kappa shape index (κ2) is 11.2. The summed E-state index contributed by atoms with van der Waals surface area (Å²) in [6, 6.07) is 20.0. The van der Waals surface area contributed by atoms with Crippen molar-refractivity contribution in [3.63, 3.8) is 0 Å². The largest absolute Gasteiger partial charge is 0.423 e. The number of rotatable bonds is 7. The van der Waals surface area contributed by atoms with Crippen molar-refractivity contribution in [2.24, 2.45) is 5.10 Å². The number of hydrogen-bond acceptors (Lipinski definition) is 5. The van der Waals surface area contributed by atoms with Gasteiger partial charge >= 0.3 is 5.97 Å². The van der Waals surface area contributed by atoms with Gasteiger partial charge in [-0.05, 0) is 70.0 Å². The lowest BCUT2D eigenvalue weighted by Gasteiger charge is -2.06. The number of esters is 1. The van der Waals surface area contributed by atoms with Crippen LogP contribution in [0, 0.1) is 0 Å². The molecule has 0 atom stereocenters. The van der Waals surface area contributed by atoms with Gasteiger partial charge in [-0.3, -0.25) is 9.59 Å². The molecule has 7 nitrogen and oxygen atoms in total. The van der Waals surface area contributed by atoms with Crippen LogP contribution in [-0.4, -0.2) is 30.5 Å². The fraction of sp³-hybridized carbons (Fsp3) is 0.0435. The van der Waals surface area contributed by atoms with Gasteiger partial charge in [0.1, 0.15) is 5.75 Å². The van der Waals surface area contributed by atoms with Gasteiger partial charge in [0.05, 0.1) is 28.9 Å². The number of hydrazone groups is 1. The summed E-state index contributed by atoms with van der Waals surface area (Å²) < 4.78 is 5.93. The zero-order chi connectivity index (χ0) is 22.9. The molecule has 0 aliphatic rings. The van der Waals surface area contributed by atoms with Gasteiger partial charge in [-0.25, -0.2) is 10.2 Å². The zero-order valence-corrected chi connectivity index (χ0v) is 18.9. The van der Waals surface area contributed by atoms with E-state index in [9.17, 15) is 14.4 Å². The van der Waals surface area contributed by atoms with E-state index in [1.54, 1.807) is 72.8 Å². The Morgan fingerprint density at radius 1 is 0.938 bits per heavy atom. The summed E-state index contributed by atoms with van der Waals surface area (Å²) in [6.07, 6.45) is 1.42. The Morgan fingerprint density at radius 2 is 1.59 bits per heavy atom. The lowest BCUT2D eigenvalue weighted by atomic mass is 10.2. The maximum atomic E-state index is 12.2. The Hall–Kier alpha value is -3.49. The maximum Gasteiger partial charge on any atom is 0.345 e. The average molecular weight is 515 g/mol. The van der Waals surface area contributed by atoms with Gasteiger partial charge in [0, 0.05) is 4.47 Å². The van der Waals surface area contributed by atoms with Gasteiger partial charge in [-0.15, -0.1) is 0 Å². The quantitative estimate of drug-likeness (QED) is 0.214. The molecule has 3 aromatic carbocycles. The summed E-state index contributed by atoms with van der Waals surface area (Å²) in [4.78, 5) is 36.1. The fourth-order valence-corrected chi connectivity index (χ4v) is 3.21. The number of amides is 2. The number of nitrogens with one attached hydrogen (secondary N) is 2. The molecule has 0 saturated heterocycles. The summed E-state index contributed by atoms with van der Waals surface area (Å²) in [5, 5.41) is 6.68. The van der Waals surface area contributed by atoms with E-state index in [2.05, 4.69) is 31.8 Å². The normalized spacial score (nSPS) is 10.6. The molecular formula is C23H17BrClN3O4. The van der Waals surface area contributed by atoms with Crippen LogP contribution in [0.5, 0.6) is 5.75 Å². The third kappa shape index (κ3) is 6.50. The number of benzene rings is 3. The summed E-state index contributed by atoms with van der Waals surface area (Å²) in [5.41, 5.74) is 3.70. The van der Waals surface area contributed by atoms with Crippen molar-refractivity contribution in [3.8, 4) is 5.75 Å². The van der Waals surface area contributed by atoms with E-state index in [0.717, 1.165) is 0 Å². The van der Waals surface area contributed by atoms with Crippen LogP contribution in [0.3, 0.4) is 0 Å². The molecule has 0 spiro atoms. The van der Waals surface area contributed by atoms with Crippen molar-refractivity contribution in [3.05, 3.63) is 99.0 Å². The highest BCUT2D eigenvalue weighted by Crippen LogP contribution is 2.19. The Labute approximate surface area is 197 Å². The molecule has 3 aromatic rings. The van der Waals surface area contributed by atoms with E-state index in [4.69, 9.17) is 16.3 Å². The molecule has 0 saturated carbocycles. The van der Waals surface area contributed by atoms with Crippen molar-refractivity contribution < 1.29 is 19.1 Å². The third-order valence-corrected chi connectivity index (χ3v) is 5.14. The molecule has 0 radical (unpaired) electrons. The lowest BCUT2D eigenvalue weighted by Crippen LogP contribution is -2.35. The molecule has 162 valence electrons. The van der Waals surface area contributed by atoms with E-state index in [0.29, 0.717) is 26.4 Å². The van der Waals surface area contributed by atoms with Crippen LogP contribution in [0.25, 0.3) is 0 Å². The smallest absolute Gasteiger partial charge is 0.345 e. The number of carbonyl (C=O) groups is 3. The van der Waals surface area contributed by atoms with Crippen molar-refractivity contribution in [1.29, 1.82) is 0 Å². The van der Waals surface area contributed by atoms with E-state index in [-0.39, 0.29) is 18.0 Å². The van der Waals surface area contributed by atoms with Crippen LogP contribution in [0.2, 0.25) is 5.02 Å². The third-order valence-electron chi connectivity index (χ3n) is 4.12. The van der Waals surface area contributed by atoms with Crippen molar-refractivity contribution in [2.45, 2.75) is 0 Å². The van der Waals surface area contributed by atoms with E-state index in [1.165, 1.54) is 6.21 Å². The summed E-state index contributed by atoms with van der Waals surface area (Å²) in [7, 11) is 0. The average Bonchev–Trinajstić information content (AvgIpc) is 2.79. The van der Waals surface area contributed by atoms with E-state index < -0.39 is 11.9 Å².